The first kappa shape index (κ1) is 59.4. The zero-order valence-electron chi connectivity index (χ0n) is 47.5. The number of hydrogen-bond acceptors (Lipinski definition) is 9. The maximum Gasteiger partial charge on any atom is 0.251 e. The van der Waals surface area contributed by atoms with Crippen LogP contribution in [0.2, 0.25) is 0 Å². The van der Waals surface area contributed by atoms with E-state index >= 15 is 0 Å². The molecule has 422 valence electrons. The minimum Gasteiger partial charge on any atom is -0.349 e. The molecule has 7 rings (SSSR count). The first-order valence-electron chi connectivity index (χ1n) is 29.1. The molecule has 11 atom stereocenters. The van der Waals surface area contributed by atoms with Gasteiger partial charge in [0.05, 0.1) is 24.2 Å². The quantitative estimate of drug-likeness (QED) is 0.0765. The van der Waals surface area contributed by atoms with Gasteiger partial charge in [0.15, 0.2) is 5.78 Å². The predicted octanol–water partition coefficient (Wildman–Crippen LogP) is 8.39. The lowest BCUT2D eigenvalue weighted by atomic mass is 9.76. The summed E-state index contributed by atoms with van der Waals surface area (Å²) in [5.74, 6) is -4.27. The Labute approximate surface area is 463 Å². The van der Waals surface area contributed by atoms with E-state index in [0.29, 0.717) is 6.42 Å². The van der Waals surface area contributed by atoms with E-state index in [0.717, 1.165) is 75.3 Å². The van der Waals surface area contributed by atoms with Crippen LogP contribution in [0.1, 0.15) is 175 Å². The van der Waals surface area contributed by atoms with Crippen molar-refractivity contribution in [3.8, 4) is 0 Å². The van der Waals surface area contributed by atoms with Crippen molar-refractivity contribution in [2.24, 2.45) is 35.5 Å². The first-order valence-corrected chi connectivity index (χ1v) is 29.1. The highest BCUT2D eigenvalue weighted by atomic mass is 16.2. The van der Waals surface area contributed by atoms with Crippen molar-refractivity contribution in [2.75, 3.05) is 27.7 Å². The number of likely N-dealkylation sites (N-methyl/N-ethyl adjacent to an activating group) is 2. The number of rotatable bonds is 22. The molecule has 3 aromatic carbocycles. The van der Waals surface area contributed by atoms with Crippen molar-refractivity contribution in [2.45, 2.75) is 173 Å². The number of carbonyl (C=O) groups is 8. The largest absolute Gasteiger partial charge is 0.349 e. The van der Waals surface area contributed by atoms with Crippen LogP contribution >= 0.6 is 0 Å². The van der Waals surface area contributed by atoms with Crippen molar-refractivity contribution < 1.29 is 38.4 Å². The van der Waals surface area contributed by atoms with E-state index in [9.17, 15) is 38.4 Å². The number of hydrogen-bond donors (Lipinski definition) is 4. The number of likely N-dealkylation sites (tertiary alicyclic amines) is 1. The maximum atomic E-state index is 15.0. The molecule has 15 heteroatoms. The second-order valence-electron chi connectivity index (χ2n) is 23.2. The normalized spacial score (nSPS) is 23.2. The van der Waals surface area contributed by atoms with Crippen LogP contribution in [0.15, 0.2) is 84.9 Å². The van der Waals surface area contributed by atoms with Gasteiger partial charge in [0.2, 0.25) is 23.6 Å². The molecule has 4 fully saturated rings. The standard InChI is InChI=1S/C63H87N7O8/c1-9-39(2)58(73)67-56(46-28-20-13-21-29-46)57(72)52-34-49(35-53(52)61(76)68(7)41(4)43-22-14-10-15-23-43)65-59(74)47-30-32-48(33-31-47)60(75)66-50-36-54(63(78)69(8)42(5)44-24-16-11-17-25-44)70(38-50)62(77)51(37-55(71)40(3)64-6)45-26-18-12-19-27-45/h10-11,14-17,22-25,30-33,39-42,45-46,49-54,56,64H,9,12-13,18-21,26-29,34-38H2,1-8H3,(H,65,74)(H,66,75)(H,67,73)/t39-,40+,41-,42-,49-,50+,51+,52?,53-,54+,56+/m1/s1. The molecule has 1 unspecified atom stereocenters. The first-order chi connectivity index (χ1) is 37.4. The van der Waals surface area contributed by atoms with Gasteiger partial charge in [-0.25, -0.2) is 0 Å². The van der Waals surface area contributed by atoms with Crippen LogP contribution in [0.25, 0.3) is 0 Å². The van der Waals surface area contributed by atoms with Gasteiger partial charge >= 0.3 is 0 Å². The molecule has 0 spiro atoms. The van der Waals surface area contributed by atoms with E-state index in [1.54, 1.807) is 67.0 Å². The minimum absolute atomic E-state index is 0.00414. The van der Waals surface area contributed by atoms with Crippen molar-refractivity contribution in [3.05, 3.63) is 107 Å². The van der Waals surface area contributed by atoms with Gasteiger partial charge in [-0.15, -0.1) is 0 Å². The van der Waals surface area contributed by atoms with E-state index < -0.39 is 59.8 Å². The predicted molar refractivity (Wildman–Crippen MR) is 302 cm³/mol. The Hall–Kier alpha value is -6.22. The van der Waals surface area contributed by atoms with Gasteiger partial charge in [-0.2, -0.15) is 0 Å². The molecule has 6 amide bonds. The molecule has 15 nitrogen and oxygen atoms in total. The molecule has 4 aliphatic rings. The molecule has 1 aliphatic heterocycles. The number of nitrogens with zero attached hydrogens (tertiary/aromatic N) is 3. The lowest BCUT2D eigenvalue weighted by Crippen LogP contribution is -2.51. The number of carbonyl (C=O) groups excluding carboxylic acids is 8. The van der Waals surface area contributed by atoms with Crippen LogP contribution in [0.3, 0.4) is 0 Å². The molecule has 3 aromatic rings. The van der Waals surface area contributed by atoms with Crippen LogP contribution < -0.4 is 21.3 Å². The molecule has 3 aliphatic carbocycles. The summed E-state index contributed by atoms with van der Waals surface area (Å²) in [7, 11) is 5.22. The Balaban J connectivity index is 1.07. The minimum atomic E-state index is -0.873. The van der Waals surface area contributed by atoms with Crippen molar-refractivity contribution in [1.29, 1.82) is 0 Å². The molecule has 0 radical (unpaired) electrons. The highest BCUT2D eigenvalue weighted by molar-refractivity contribution is 5.99. The van der Waals surface area contributed by atoms with Gasteiger partial charge in [-0.05, 0) is 126 Å². The summed E-state index contributed by atoms with van der Waals surface area (Å²) < 4.78 is 0. The second kappa shape index (κ2) is 27.6. The molecule has 0 aromatic heterocycles. The third kappa shape index (κ3) is 14.3. The number of amides is 6. The van der Waals surface area contributed by atoms with Gasteiger partial charge < -0.3 is 36.0 Å². The Bertz CT molecular complexity index is 2370. The van der Waals surface area contributed by atoms with Crippen molar-refractivity contribution in [1.82, 2.24) is 36.0 Å². The van der Waals surface area contributed by atoms with Crippen molar-refractivity contribution >= 4 is 47.0 Å². The molecule has 1 saturated heterocycles. The zero-order valence-corrected chi connectivity index (χ0v) is 47.5. The van der Waals surface area contributed by atoms with E-state index in [-0.39, 0.29) is 108 Å². The topological polar surface area (TPSA) is 194 Å². The number of nitrogens with one attached hydrogen (secondary N) is 4. The van der Waals surface area contributed by atoms with Gasteiger partial charge in [0, 0.05) is 73.9 Å². The van der Waals surface area contributed by atoms with Crippen LogP contribution in [0, 0.1) is 35.5 Å². The van der Waals surface area contributed by atoms with Crippen LogP contribution in [0.4, 0.5) is 0 Å². The average Bonchev–Trinajstić information content (AvgIpc) is 4.14. The van der Waals surface area contributed by atoms with Gasteiger partial charge in [-0.3, -0.25) is 38.4 Å². The van der Waals surface area contributed by atoms with E-state index in [2.05, 4.69) is 21.3 Å². The van der Waals surface area contributed by atoms with E-state index in [4.69, 9.17) is 0 Å². The zero-order chi connectivity index (χ0) is 56.2. The fourth-order valence-electron chi connectivity index (χ4n) is 12.6. The molecule has 3 saturated carbocycles. The average molecular weight is 1070 g/mol. The number of Topliss-reactive ketones (excluding diaryl/α,β-unsaturated/α-hetero) is 2. The highest BCUT2D eigenvalue weighted by Gasteiger charge is 2.49. The lowest BCUT2D eigenvalue weighted by molar-refractivity contribution is -0.148. The smallest absolute Gasteiger partial charge is 0.251 e. The fraction of sp³-hybridized carbons (Fsp3) is 0.587. The van der Waals surface area contributed by atoms with E-state index in [1.807, 2.05) is 88.4 Å². The Kier molecular flexibility index (Phi) is 21.0. The van der Waals surface area contributed by atoms with E-state index in [1.165, 1.54) is 0 Å². The van der Waals surface area contributed by atoms with Gasteiger partial charge in [0.25, 0.3) is 11.8 Å². The molecule has 4 N–H and O–H groups in total. The SMILES string of the molecule is CC[C@@H](C)C(=O)N[C@H](C(=O)C1C[C@@H](NC(=O)c2ccc(C(=O)N[C@H]3C[C@@H](C(=O)N(C)[C@H](C)c4ccccc4)N(C(=O)[C@@H](CC(=O)[C@H](C)NC)C4CCCCC4)C3)cc2)C[C@H]1C(=O)N(C)[C@H](C)c1ccccc1)C1CCCCC1. The molecular weight excluding hydrogens is 983 g/mol. The Morgan fingerprint density at radius 2 is 1.09 bits per heavy atom. The second-order valence-corrected chi connectivity index (χ2v) is 23.2. The summed E-state index contributed by atoms with van der Waals surface area (Å²) in [6, 6.07) is 21.9. The van der Waals surface area contributed by atoms with Crippen molar-refractivity contribution in [3.63, 3.8) is 0 Å². The highest BCUT2D eigenvalue weighted by Crippen LogP contribution is 2.40. The third-order valence-electron chi connectivity index (χ3n) is 18.3. The summed E-state index contributed by atoms with van der Waals surface area (Å²) in [5, 5.41) is 12.4. The third-order valence-corrected chi connectivity index (χ3v) is 18.3. The lowest BCUT2D eigenvalue weighted by Gasteiger charge is -2.36. The van der Waals surface area contributed by atoms with Crippen LogP contribution in [-0.4, -0.2) is 120 Å². The monoisotopic (exact) mass is 1070 g/mol. The molecular formula is C63H87N7O8. The number of ketones is 2. The summed E-state index contributed by atoms with van der Waals surface area (Å²) in [5.41, 5.74) is 2.46. The van der Waals surface area contributed by atoms with Gasteiger partial charge in [-0.1, -0.05) is 113 Å². The molecule has 78 heavy (non-hydrogen) atoms. The molecule has 1 heterocycles. The summed E-state index contributed by atoms with van der Waals surface area (Å²) in [6.45, 7) is 9.60. The Morgan fingerprint density at radius 1 is 0.603 bits per heavy atom. The summed E-state index contributed by atoms with van der Waals surface area (Å²) in [6.07, 6.45) is 10.7. The Morgan fingerprint density at radius 3 is 1.60 bits per heavy atom. The maximum absolute atomic E-state index is 15.0. The van der Waals surface area contributed by atoms with Crippen LogP contribution in [0.5, 0.6) is 0 Å². The number of benzene rings is 3. The van der Waals surface area contributed by atoms with Gasteiger partial charge in [0.1, 0.15) is 11.8 Å². The van der Waals surface area contributed by atoms with Crippen LogP contribution in [-0.2, 0) is 28.8 Å². The summed E-state index contributed by atoms with van der Waals surface area (Å²) >= 11 is 0. The fourth-order valence-corrected chi connectivity index (χ4v) is 12.6. The summed E-state index contributed by atoms with van der Waals surface area (Å²) in [4.78, 5) is 119. The molecule has 0 bridgehead atoms.